The van der Waals surface area contributed by atoms with Gasteiger partial charge in [0, 0.05) is 11.4 Å². The maximum absolute atomic E-state index is 11.6. The Hall–Kier alpha value is -1.63. The maximum Gasteiger partial charge on any atom is 0.315 e. The van der Waals surface area contributed by atoms with Gasteiger partial charge in [-0.3, -0.25) is 4.79 Å². The molecule has 1 aliphatic rings. The number of thiazole rings is 1. The van der Waals surface area contributed by atoms with Gasteiger partial charge in [0.25, 0.3) is 0 Å². The maximum atomic E-state index is 11.6. The van der Waals surface area contributed by atoms with Gasteiger partial charge in [-0.05, 0) is 19.8 Å². The Morgan fingerprint density at radius 3 is 2.68 bits per heavy atom. The molecule has 1 aromatic rings. The van der Waals surface area contributed by atoms with E-state index in [4.69, 9.17) is 5.11 Å². The second-order valence-electron chi connectivity index (χ2n) is 4.84. The van der Waals surface area contributed by atoms with Crippen LogP contribution >= 0.6 is 11.3 Å². The highest BCUT2D eigenvalue weighted by Gasteiger charge is 2.44. The van der Waals surface area contributed by atoms with Gasteiger partial charge in [-0.1, -0.05) is 6.42 Å². The average Bonchev–Trinajstić information content (AvgIpc) is 2.70. The Kier molecular flexibility index (Phi) is 4.04. The van der Waals surface area contributed by atoms with Crippen molar-refractivity contribution >= 4 is 23.3 Å². The molecule has 104 valence electrons. The van der Waals surface area contributed by atoms with Crippen LogP contribution in [0.25, 0.3) is 0 Å². The van der Waals surface area contributed by atoms with Gasteiger partial charge in [0.2, 0.25) is 0 Å². The lowest BCUT2D eigenvalue weighted by molar-refractivity contribution is -0.153. The third kappa shape index (κ3) is 3.04. The van der Waals surface area contributed by atoms with Crippen molar-refractivity contribution in [2.45, 2.75) is 32.7 Å². The van der Waals surface area contributed by atoms with Crippen molar-refractivity contribution in [3.8, 4) is 0 Å². The molecule has 1 aliphatic carbocycles. The molecular formula is C12H17N3O3S. The number of aliphatic carboxylic acids is 1. The molecule has 0 aromatic carbocycles. The number of carboxylic acids is 1. The molecule has 2 rings (SSSR count). The molecule has 0 spiro atoms. The molecule has 0 radical (unpaired) electrons. The van der Waals surface area contributed by atoms with Crippen molar-refractivity contribution in [3.05, 3.63) is 16.1 Å². The van der Waals surface area contributed by atoms with E-state index in [2.05, 4.69) is 15.6 Å². The minimum Gasteiger partial charge on any atom is -0.481 e. The zero-order valence-corrected chi connectivity index (χ0v) is 11.5. The SMILES string of the molecule is Cc1ncsc1CNC(=O)NCC1(C(=O)O)CCC1. The summed E-state index contributed by atoms with van der Waals surface area (Å²) in [7, 11) is 0. The molecule has 2 amide bonds. The number of nitrogens with zero attached hydrogens (tertiary/aromatic N) is 1. The van der Waals surface area contributed by atoms with Gasteiger partial charge in [0.1, 0.15) is 0 Å². The van der Waals surface area contributed by atoms with Gasteiger partial charge in [0.15, 0.2) is 0 Å². The van der Waals surface area contributed by atoms with Gasteiger partial charge in [0.05, 0.1) is 23.2 Å². The van der Waals surface area contributed by atoms with Crippen molar-refractivity contribution in [2.24, 2.45) is 5.41 Å². The molecule has 1 saturated carbocycles. The minimum atomic E-state index is -0.822. The molecule has 6 nitrogen and oxygen atoms in total. The predicted octanol–water partition coefficient (Wildman–Crippen LogP) is 1.51. The van der Waals surface area contributed by atoms with Gasteiger partial charge >= 0.3 is 12.0 Å². The van der Waals surface area contributed by atoms with Crippen LogP contribution in [-0.4, -0.2) is 28.6 Å². The first kappa shape index (κ1) is 13.8. The lowest BCUT2D eigenvalue weighted by Crippen LogP contribution is -2.49. The second-order valence-corrected chi connectivity index (χ2v) is 5.78. The molecule has 1 fully saturated rings. The van der Waals surface area contributed by atoms with Crippen molar-refractivity contribution < 1.29 is 14.7 Å². The molecule has 3 N–H and O–H groups in total. The standard InChI is InChI=1S/C12H17N3O3S/c1-8-9(19-7-15-8)5-13-11(18)14-6-12(10(16)17)3-2-4-12/h7H,2-6H2,1H3,(H,16,17)(H2,13,14,18). The zero-order valence-electron chi connectivity index (χ0n) is 10.7. The smallest absolute Gasteiger partial charge is 0.315 e. The van der Waals surface area contributed by atoms with E-state index >= 15 is 0 Å². The number of hydrogen-bond donors (Lipinski definition) is 3. The summed E-state index contributed by atoms with van der Waals surface area (Å²) in [6.07, 6.45) is 2.18. The number of amides is 2. The number of urea groups is 1. The number of carboxylic acid groups (broad SMARTS) is 1. The van der Waals surface area contributed by atoms with E-state index in [1.165, 1.54) is 11.3 Å². The summed E-state index contributed by atoms with van der Waals surface area (Å²) in [5.74, 6) is -0.822. The number of carbonyl (C=O) groups excluding carboxylic acids is 1. The Bertz CT molecular complexity index is 482. The number of aryl methyl sites for hydroxylation is 1. The van der Waals surface area contributed by atoms with Gasteiger partial charge in [-0.25, -0.2) is 9.78 Å². The third-order valence-corrected chi connectivity index (χ3v) is 4.54. The molecular weight excluding hydrogens is 266 g/mol. The quantitative estimate of drug-likeness (QED) is 0.763. The van der Waals surface area contributed by atoms with Crippen LogP contribution < -0.4 is 10.6 Å². The summed E-state index contributed by atoms with van der Waals surface area (Å²) in [5.41, 5.74) is 1.89. The van der Waals surface area contributed by atoms with Crippen LogP contribution in [0.3, 0.4) is 0 Å². The predicted molar refractivity (Wildman–Crippen MR) is 71.0 cm³/mol. The highest BCUT2D eigenvalue weighted by Crippen LogP contribution is 2.40. The highest BCUT2D eigenvalue weighted by molar-refractivity contribution is 7.09. The fourth-order valence-electron chi connectivity index (χ4n) is 2.04. The first-order valence-electron chi connectivity index (χ1n) is 6.17. The van der Waals surface area contributed by atoms with Gasteiger partial charge in [-0.15, -0.1) is 11.3 Å². The summed E-state index contributed by atoms with van der Waals surface area (Å²) >= 11 is 1.49. The van der Waals surface area contributed by atoms with Crippen LogP contribution in [0.1, 0.15) is 29.8 Å². The van der Waals surface area contributed by atoms with Crippen LogP contribution in [0.5, 0.6) is 0 Å². The minimum absolute atomic E-state index is 0.190. The van der Waals surface area contributed by atoms with Crippen molar-refractivity contribution in [2.75, 3.05) is 6.54 Å². The van der Waals surface area contributed by atoms with E-state index < -0.39 is 11.4 Å². The molecule has 19 heavy (non-hydrogen) atoms. The number of rotatable bonds is 5. The van der Waals surface area contributed by atoms with E-state index in [0.29, 0.717) is 19.4 Å². The molecule has 0 atom stereocenters. The van der Waals surface area contributed by atoms with Crippen molar-refractivity contribution in [3.63, 3.8) is 0 Å². The van der Waals surface area contributed by atoms with E-state index in [9.17, 15) is 9.59 Å². The van der Waals surface area contributed by atoms with E-state index in [1.54, 1.807) is 5.51 Å². The summed E-state index contributed by atoms with van der Waals surface area (Å²) < 4.78 is 0. The number of hydrogen-bond acceptors (Lipinski definition) is 4. The topological polar surface area (TPSA) is 91.3 Å². The van der Waals surface area contributed by atoms with E-state index in [1.807, 2.05) is 6.92 Å². The summed E-state index contributed by atoms with van der Waals surface area (Å²) in [5, 5.41) is 14.5. The summed E-state index contributed by atoms with van der Waals surface area (Å²) in [4.78, 5) is 27.9. The molecule has 0 saturated heterocycles. The largest absolute Gasteiger partial charge is 0.481 e. The van der Waals surface area contributed by atoms with Crippen LogP contribution in [0.4, 0.5) is 4.79 Å². The van der Waals surface area contributed by atoms with Gasteiger partial charge < -0.3 is 15.7 Å². The summed E-state index contributed by atoms with van der Waals surface area (Å²) in [6, 6.07) is -0.333. The molecule has 0 aliphatic heterocycles. The van der Waals surface area contributed by atoms with Crippen molar-refractivity contribution in [1.29, 1.82) is 0 Å². The van der Waals surface area contributed by atoms with Gasteiger partial charge in [-0.2, -0.15) is 0 Å². The van der Waals surface area contributed by atoms with Crippen molar-refractivity contribution in [1.82, 2.24) is 15.6 Å². The van der Waals surface area contributed by atoms with Crippen LogP contribution in [0.15, 0.2) is 5.51 Å². The van der Waals surface area contributed by atoms with E-state index in [0.717, 1.165) is 17.0 Å². The van der Waals surface area contributed by atoms with Crippen LogP contribution in [-0.2, 0) is 11.3 Å². The van der Waals surface area contributed by atoms with Crippen LogP contribution in [0.2, 0.25) is 0 Å². The lowest BCUT2D eigenvalue weighted by Gasteiger charge is -2.37. The van der Waals surface area contributed by atoms with Crippen LogP contribution in [0, 0.1) is 12.3 Å². The molecule has 1 heterocycles. The zero-order chi connectivity index (χ0) is 13.9. The molecule has 7 heteroatoms. The second kappa shape index (κ2) is 5.56. The Balaban J connectivity index is 1.76. The Morgan fingerprint density at radius 1 is 1.47 bits per heavy atom. The lowest BCUT2D eigenvalue weighted by atomic mass is 9.69. The highest BCUT2D eigenvalue weighted by atomic mass is 32.1. The average molecular weight is 283 g/mol. The van der Waals surface area contributed by atoms with E-state index in [-0.39, 0.29) is 12.6 Å². The Labute approximate surface area is 115 Å². The third-order valence-electron chi connectivity index (χ3n) is 3.61. The first-order valence-corrected chi connectivity index (χ1v) is 7.05. The Morgan fingerprint density at radius 2 is 2.21 bits per heavy atom. The number of aromatic nitrogens is 1. The molecule has 1 aromatic heterocycles. The fraction of sp³-hybridized carbons (Fsp3) is 0.583. The number of carbonyl (C=O) groups is 2. The summed E-state index contributed by atoms with van der Waals surface area (Å²) in [6.45, 7) is 2.50. The molecule has 0 bridgehead atoms. The first-order chi connectivity index (χ1) is 9.03. The molecule has 0 unspecified atom stereocenters. The monoisotopic (exact) mass is 283 g/mol. The normalized spacial score (nSPS) is 16.5. The number of nitrogens with one attached hydrogen (secondary N) is 2. The fourth-order valence-corrected chi connectivity index (χ4v) is 2.76.